The molecule has 0 atom stereocenters. The van der Waals surface area contributed by atoms with Crippen molar-refractivity contribution in [2.45, 2.75) is 13.5 Å². The fourth-order valence-electron chi connectivity index (χ4n) is 1.97. The van der Waals surface area contributed by atoms with Crippen molar-refractivity contribution in [2.24, 2.45) is 0 Å². The second-order valence-corrected chi connectivity index (χ2v) is 5.94. The lowest BCUT2D eigenvalue weighted by molar-refractivity contribution is 0.919. The number of halogens is 2. The molecule has 0 unspecified atom stereocenters. The number of nitrogens with two attached hydrogens (primary N) is 1. The molecule has 0 aliphatic rings. The van der Waals surface area contributed by atoms with Crippen molar-refractivity contribution in [3.8, 4) is 0 Å². The zero-order valence-corrected chi connectivity index (χ0v) is 13.3. The number of hydrogen-bond acceptors (Lipinski definition) is 2. The molecule has 0 bridgehead atoms. The van der Waals surface area contributed by atoms with E-state index in [4.69, 9.17) is 17.3 Å². The van der Waals surface area contributed by atoms with Crippen LogP contribution < -0.4 is 10.6 Å². The number of benzene rings is 2. The Morgan fingerprint density at radius 1 is 1.26 bits per heavy atom. The minimum Gasteiger partial charge on any atom is -0.398 e. The first-order valence-corrected chi connectivity index (χ1v) is 7.15. The lowest BCUT2D eigenvalue weighted by Gasteiger charge is -2.22. The summed E-state index contributed by atoms with van der Waals surface area (Å²) in [6, 6.07) is 11.9. The van der Waals surface area contributed by atoms with Crippen LogP contribution in [0.15, 0.2) is 40.9 Å². The minimum absolute atomic E-state index is 0.762. The number of rotatable bonds is 3. The number of aryl methyl sites for hydroxylation is 1. The Morgan fingerprint density at radius 2 is 2.00 bits per heavy atom. The van der Waals surface area contributed by atoms with Gasteiger partial charge in [0.1, 0.15) is 0 Å². The van der Waals surface area contributed by atoms with Crippen molar-refractivity contribution in [1.29, 1.82) is 0 Å². The summed E-state index contributed by atoms with van der Waals surface area (Å²) in [5.41, 5.74) is 10.1. The van der Waals surface area contributed by atoms with Crippen LogP contribution in [0.25, 0.3) is 0 Å². The summed E-state index contributed by atoms with van der Waals surface area (Å²) >= 11 is 9.57. The summed E-state index contributed by atoms with van der Waals surface area (Å²) < 4.78 is 1.00. The van der Waals surface area contributed by atoms with Crippen molar-refractivity contribution >= 4 is 38.9 Å². The van der Waals surface area contributed by atoms with Gasteiger partial charge in [0.25, 0.3) is 0 Å². The average Bonchev–Trinajstić information content (AvgIpc) is 2.33. The molecule has 2 rings (SSSR count). The smallest absolute Gasteiger partial charge is 0.0515 e. The average molecular weight is 340 g/mol. The summed E-state index contributed by atoms with van der Waals surface area (Å²) in [6.45, 7) is 2.81. The molecule has 2 aromatic carbocycles. The molecule has 0 spiro atoms. The molecule has 0 saturated heterocycles. The van der Waals surface area contributed by atoms with Gasteiger partial charge in [-0.3, -0.25) is 0 Å². The van der Waals surface area contributed by atoms with Crippen LogP contribution >= 0.6 is 27.5 Å². The number of nitrogen functional groups attached to an aromatic ring is 1. The number of anilines is 2. The molecular weight excluding hydrogens is 324 g/mol. The third-order valence-electron chi connectivity index (χ3n) is 3.06. The predicted molar refractivity (Wildman–Crippen MR) is 86.9 cm³/mol. The van der Waals surface area contributed by atoms with Crippen LogP contribution in [0.3, 0.4) is 0 Å². The van der Waals surface area contributed by atoms with E-state index < -0.39 is 0 Å². The molecule has 2 nitrogen and oxygen atoms in total. The molecule has 0 radical (unpaired) electrons. The highest BCUT2D eigenvalue weighted by Crippen LogP contribution is 2.31. The summed E-state index contributed by atoms with van der Waals surface area (Å²) in [6.07, 6.45) is 0. The van der Waals surface area contributed by atoms with Crippen LogP contribution in [-0.4, -0.2) is 7.05 Å². The molecule has 0 saturated carbocycles. The lowest BCUT2D eigenvalue weighted by atomic mass is 10.1. The largest absolute Gasteiger partial charge is 0.398 e. The van der Waals surface area contributed by atoms with Gasteiger partial charge >= 0.3 is 0 Å². The maximum absolute atomic E-state index is 6.01. The van der Waals surface area contributed by atoms with E-state index in [0.717, 1.165) is 33.0 Å². The topological polar surface area (TPSA) is 29.3 Å². The molecule has 0 heterocycles. The van der Waals surface area contributed by atoms with Crippen molar-refractivity contribution in [3.63, 3.8) is 0 Å². The fourth-order valence-corrected chi connectivity index (χ4v) is 2.85. The summed E-state index contributed by atoms with van der Waals surface area (Å²) in [4.78, 5) is 2.17. The number of hydrogen-bond donors (Lipinski definition) is 1. The second kappa shape index (κ2) is 5.85. The Morgan fingerprint density at radius 3 is 2.68 bits per heavy atom. The normalized spacial score (nSPS) is 10.5. The van der Waals surface area contributed by atoms with Crippen LogP contribution in [0.4, 0.5) is 11.4 Å². The summed E-state index contributed by atoms with van der Waals surface area (Å²) in [5.74, 6) is 0. The summed E-state index contributed by atoms with van der Waals surface area (Å²) in [5, 5.41) is 0.762. The van der Waals surface area contributed by atoms with Crippen molar-refractivity contribution in [1.82, 2.24) is 0 Å². The van der Waals surface area contributed by atoms with Gasteiger partial charge in [-0.25, -0.2) is 0 Å². The third kappa shape index (κ3) is 3.43. The van der Waals surface area contributed by atoms with Gasteiger partial charge in [0, 0.05) is 28.8 Å². The molecule has 0 amide bonds. The van der Waals surface area contributed by atoms with Crippen LogP contribution in [0.2, 0.25) is 5.02 Å². The Balaban J connectivity index is 2.25. The maximum Gasteiger partial charge on any atom is 0.0515 e. The standard InChI is InChI=1S/C15H16BrClN2/c1-10-6-15(13(16)8-14(10)18)19(2)9-11-4-3-5-12(17)7-11/h3-8H,9,18H2,1-2H3. The molecule has 2 N–H and O–H groups in total. The van der Waals surface area contributed by atoms with E-state index in [-0.39, 0.29) is 0 Å². The Kier molecular flexibility index (Phi) is 4.38. The molecular formula is C15H16BrClN2. The Labute approximate surface area is 127 Å². The maximum atomic E-state index is 6.01. The monoisotopic (exact) mass is 338 g/mol. The SMILES string of the molecule is Cc1cc(N(C)Cc2cccc(Cl)c2)c(Br)cc1N. The van der Waals surface area contributed by atoms with Gasteiger partial charge in [-0.15, -0.1) is 0 Å². The van der Waals surface area contributed by atoms with E-state index in [1.807, 2.05) is 31.2 Å². The first-order chi connectivity index (χ1) is 8.97. The predicted octanol–water partition coefficient (Wildman–Crippen LogP) is 4.63. The minimum atomic E-state index is 0.762. The van der Waals surface area contributed by atoms with Crippen LogP contribution in [0, 0.1) is 6.92 Å². The van der Waals surface area contributed by atoms with Gasteiger partial charge < -0.3 is 10.6 Å². The van der Waals surface area contributed by atoms with Crippen LogP contribution in [-0.2, 0) is 6.54 Å². The molecule has 0 aromatic heterocycles. The zero-order valence-electron chi connectivity index (χ0n) is 11.0. The lowest BCUT2D eigenvalue weighted by Crippen LogP contribution is -2.17. The highest BCUT2D eigenvalue weighted by molar-refractivity contribution is 9.10. The highest BCUT2D eigenvalue weighted by Gasteiger charge is 2.09. The molecule has 2 aromatic rings. The molecule has 0 aliphatic heterocycles. The molecule has 100 valence electrons. The van der Waals surface area contributed by atoms with E-state index in [0.29, 0.717) is 0 Å². The first-order valence-electron chi connectivity index (χ1n) is 5.98. The highest BCUT2D eigenvalue weighted by atomic mass is 79.9. The zero-order chi connectivity index (χ0) is 14.0. The molecule has 0 aliphatic carbocycles. The van der Waals surface area contributed by atoms with Crippen LogP contribution in [0.1, 0.15) is 11.1 Å². The van der Waals surface area contributed by atoms with Crippen molar-refractivity contribution in [3.05, 3.63) is 57.0 Å². The van der Waals surface area contributed by atoms with E-state index in [2.05, 4.69) is 40.0 Å². The summed E-state index contributed by atoms with van der Waals surface area (Å²) in [7, 11) is 2.05. The van der Waals surface area contributed by atoms with Crippen molar-refractivity contribution < 1.29 is 0 Å². The quantitative estimate of drug-likeness (QED) is 0.826. The first kappa shape index (κ1) is 14.2. The second-order valence-electron chi connectivity index (χ2n) is 4.65. The van der Waals surface area contributed by atoms with Gasteiger partial charge in [0.2, 0.25) is 0 Å². The molecule has 19 heavy (non-hydrogen) atoms. The molecule has 4 heteroatoms. The third-order valence-corrected chi connectivity index (χ3v) is 3.93. The van der Waals surface area contributed by atoms with Gasteiger partial charge in [0.15, 0.2) is 0 Å². The van der Waals surface area contributed by atoms with Crippen LogP contribution in [0.5, 0.6) is 0 Å². The van der Waals surface area contributed by atoms with E-state index in [1.165, 1.54) is 5.56 Å². The van der Waals surface area contributed by atoms with E-state index in [1.54, 1.807) is 0 Å². The van der Waals surface area contributed by atoms with Gasteiger partial charge in [-0.1, -0.05) is 23.7 Å². The molecule has 0 fully saturated rings. The van der Waals surface area contributed by atoms with Gasteiger partial charge in [-0.2, -0.15) is 0 Å². The van der Waals surface area contributed by atoms with Crippen molar-refractivity contribution in [2.75, 3.05) is 17.7 Å². The van der Waals surface area contributed by atoms with E-state index in [9.17, 15) is 0 Å². The van der Waals surface area contributed by atoms with Gasteiger partial charge in [0.05, 0.1) is 5.69 Å². The Hall–Kier alpha value is -1.19. The van der Waals surface area contributed by atoms with E-state index >= 15 is 0 Å². The number of nitrogens with zero attached hydrogens (tertiary/aromatic N) is 1. The fraction of sp³-hybridized carbons (Fsp3) is 0.200. The van der Waals surface area contributed by atoms with Gasteiger partial charge in [-0.05, 0) is 58.2 Å². The Bertz CT molecular complexity index is 599.